The van der Waals surface area contributed by atoms with Gasteiger partial charge in [0.05, 0.1) is 20.6 Å². The van der Waals surface area contributed by atoms with Gasteiger partial charge in [0.15, 0.2) is 11.5 Å². The van der Waals surface area contributed by atoms with Crippen LogP contribution >= 0.6 is 0 Å². The van der Waals surface area contributed by atoms with Gasteiger partial charge in [0, 0.05) is 11.5 Å². The van der Waals surface area contributed by atoms with Gasteiger partial charge in [0.2, 0.25) is 0 Å². The van der Waals surface area contributed by atoms with Crippen molar-refractivity contribution in [1.82, 2.24) is 5.32 Å². The Morgan fingerprint density at radius 2 is 1.51 bits per heavy atom. The SMILES string of the molecule is COc1cccc(COC(=O)C[C@@H](NC(=O)OCC2c3ccccc3-c3ccccc32)C(=O)O)c1OC. The van der Waals surface area contributed by atoms with Crippen molar-refractivity contribution in [1.29, 1.82) is 0 Å². The Hall–Kier alpha value is -4.53. The van der Waals surface area contributed by atoms with Crippen molar-refractivity contribution in [2.45, 2.75) is 25.0 Å². The molecule has 0 bridgehead atoms. The summed E-state index contributed by atoms with van der Waals surface area (Å²) >= 11 is 0. The number of aliphatic carboxylic acids is 1. The number of nitrogens with one attached hydrogen (secondary N) is 1. The summed E-state index contributed by atoms with van der Waals surface area (Å²) in [6.07, 6.45) is -1.51. The van der Waals surface area contributed by atoms with E-state index in [4.69, 9.17) is 18.9 Å². The second-order valence-corrected chi connectivity index (χ2v) is 8.38. The molecular formula is C28H27NO8. The Morgan fingerprint density at radius 3 is 2.11 bits per heavy atom. The van der Waals surface area contributed by atoms with Crippen LogP contribution in [-0.4, -0.2) is 50.0 Å². The molecule has 0 saturated heterocycles. The zero-order chi connectivity index (χ0) is 26.4. The Morgan fingerprint density at radius 1 is 0.865 bits per heavy atom. The van der Waals surface area contributed by atoms with Crippen molar-refractivity contribution < 1.29 is 38.4 Å². The maximum atomic E-state index is 12.5. The molecule has 2 N–H and O–H groups in total. The van der Waals surface area contributed by atoms with Gasteiger partial charge in [-0.1, -0.05) is 60.7 Å². The van der Waals surface area contributed by atoms with Gasteiger partial charge >= 0.3 is 18.0 Å². The molecule has 192 valence electrons. The van der Waals surface area contributed by atoms with Crippen molar-refractivity contribution in [2.75, 3.05) is 20.8 Å². The van der Waals surface area contributed by atoms with Crippen LogP contribution in [0.3, 0.4) is 0 Å². The number of carboxylic acids is 1. The van der Waals surface area contributed by atoms with Crippen LogP contribution in [0.15, 0.2) is 66.7 Å². The lowest BCUT2D eigenvalue weighted by Gasteiger charge is -2.17. The van der Waals surface area contributed by atoms with Crippen molar-refractivity contribution >= 4 is 18.0 Å². The first-order valence-corrected chi connectivity index (χ1v) is 11.6. The van der Waals surface area contributed by atoms with Crippen LogP contribution in [0.4, 0.5) is 4.79 Å². The molecule has 3 aromatic carbocycles. The lowest BCUT2D eigenvalue weighted by atomic mass is 9.98. The summed E-state index contributed by atoms with van der Waals surface area (Å²) in [4.78, 5) is 36.5. The van der Waals surface area contributed by atoms with Gasteiger partial charge in [0.25, 0.3) is 0 Å². The fourth-order valence-corrected chi connectivity index (χ4v) is 4.43. The highest BCUT2D eigenvalue weighted by atomic mass is 16.6. The first-order chi connectivity index (χ1) is 17.9. The zero-order valence-corrected chi connectivity index (χ0v) is 20.4. The van der Waals surface area contributed by atoms with Gasteiger partial charge in [-0.3, -0.25) is 4.79 Å². The number of hydrogen-bond donors (Lipinski definition) is 2. The third-order valence-corrected chi connectivity index (χ3v) is 6.18. The molecule has 9 nitrogen and oxygen atoms in total. The largest absolute Gasteiger partial charge is 0.493 e. The molecule has 0 radical (unpaired) electrons. The van der Waals surface area contributed by atoms with E-state index < -0.39 is 30.5 Å². The minimum absolute atomic E-state index is 0.0201. The maximum Gasteiger partial charge on any atom is 0.407 e. The highest BCUT2D eigenvalue weighted by molar-refractivity contribution is 5.85. The average molecular weight is 506 g/mol. The lowest BCUT2D eigenvalue weighted by molar-refractivity contribution is -0.150. The third kappa shape index (κ3) is 5.66. The highest BCUT2D eigenvalue weighted by Crippen LogP contribution is 2.44. The number of amides is 1. The van der Waals surface area contributed by atoms with Gasteiger partial charge < -0.3 is 29.4 Å². The van der Waals surface area contributed by atoms with Crippen LogP contribution in [0, 0.1) is 0 Å². The number of fused-ring (bicyclic) bond motifs is 3. The number of carbonyl (C=O) groups excluding carboxylic acids is 2. The molecule has 0 heterocycles. The van der Waals surface area contributed by atoms with E-state index in [9.17, 15) is 19.5 Å². The lowest BCUT2D eigenvalue weighted by Crippen LogP contribution is -2.43. The molecule has 3 aromatic rings. The average Bonchev–Trinajstić information content (AvgIpc) is 3.23. The van der Waals surface area contributed by atoms with Gasteiger partial charge in [0.1, 0.15) is 19.3 Å². The van der Waals surface area contributed by atoms with Gasteiger partial charge in [-0.25, -0.2) is 9.59 Å². The number of ether oxygens (including phenoxy) is 4. The Bertz CT molecular complexity index is 1260. The van der Waals surface area contributed by atoms with E-state index in [0.717, 1.165) is 22.3 Å². The molecule has 0 unspecified atom stereocenters. The molecule has 1 aliphatic rings. The molecule has 1 amide bonds. The van der Waals surface area contributed by atoms with Crippen molar-refractivity contribution in [3.8, 4) is 22.6 Å². The molecule has 4 rings (SSSR count). The van der Waals surface area contributed by atoms with E-state index >= 15 is 0 Å². The molecule has 1 aliphatic carbocycles. The van der Waals surface area contributed by atoms with Crippen LogP contribution in [0.5, 0.6) is 11.5 Å². The Kier molecular flexibility index (Phi) is 7.92. The van der Waals surface area contributed by atoms with E-state index in [0.29, 0.717) is 17.1 Å². The number of carbonyl (C=O) groups is 3. The number of methoxy groups -OCH3 is 2. The molecule has 0 aromatic heterocycles. The number of hydrogen-bond acceptors (Lipinski definition) is 7. The zero-order valence-electron chi connectivity index (χ0n) is 20.4. The highest BCUT2D eigenvalue weighted by Gasteiger charge is 2.30. The predicted octanol–water partition coefficient (Wildman–Crippen LogP) is 4.13. The fraction of sp³-hybridized carbons (Fsp3) is 0.250. The summed E-state index contributed by atoms with van der Waals surface area (Å²) in [5, 5.41) is 11.8. The third-order valence-electron chi connectivity index (χ3n) is 6.18. The maximum absolute atomic E-state index is 12.5. The molecule has 37 heavy (non-hydrogen) atoms. The van der Waals surface area contributed by atoms with Gasteiger partial charge in [-0.2, -0.15) is 0 Å². The quantitative estimate of drug-likeness (QED) is 0.395. The number of alkyl carbamates (subject to hydrolysis) is 1. The Balaban J connectivity index is 1.34. The van der Waals surface area contributed by atoms with Crippen LogP contribution in [0.2, 0.25) is 0 Å². The van der Waals surface area contributed by atoms with Gasteiger partial charge in [-0.05, 0) is 28.3 Å². The summed E-state index contributed by atoms with van der Waals surface area (Å²) in [5.41, 5.74) is 4.76. The molecule has 0 aliphatic heterocycles. The van der Waals surface area contributed by atoms with Crippen LogP contribution in [0.1, 0.15) is 29.0 Å². The number of rotatable bonds is 10. The van der Waals surface area contributed by atoms with E-state index in [2.05, 4.69) is 5.32 Å². The molecule has 0 spiro atoms. The normalized spacial score (nSPS) is 12.6. The number of carboxylic acid groups (broad SMARTS) is 1. The number of benzene rings is 3. The van der Waals surface area contributed by atoms with Crippen LogP contribution in [0.25, 0.3) is 11.1 Å². The number of para-hydroxylation sites is 1. The van der Waals surface area contributed by atoms with E-state index in [1.165, 1.54) is 14.2 Å². The molecular weight excluding hydrogens is 478 g/mol. The van der Waals surface area contributed by atoms with Crippen molar-refractivity contribution in [2.24, 2.45) is 0 Å². The van der Waals surface area contributed by atoms with Crippen molar-refractivity contribution in [3.05, 3.63) is 83.4 Å². The Labute approximate surface area is 213 Å². The van der Waals surface area contributed by atoms with E-state index in [-0.39, 0.29) is 19.1 Å². The summed E-state index contributed by atoms with van der Waals surface area (Å²) in [7, 11) is 2.95. The second-order valence-electron chi connectivity index (χ2n) is 8.38. The number of esters is 1. The standard InChI is InChI=1S/C28H27NO8/c1-34-24-13-7-8-17(26(24)35-2)15-36-25(30)14-23(27(31)32)29-28(33)37-16-22-20-11-5-3-9-18(20)19-10-4-6-12-21(19)22/h3-13,22-23H,14-16H2,1-2H3,(H,29,33)(H,31,32)/t23-/m1/s1. The fourth-order valence-electron chi connectivity index (χ4n) is 4.43. The first-order valence-electron chi connectivity index (χ1n) is 11.6. The van der Waals surface area contributed by atoms with Crippen LogP contribution in [-0.2, 0) is 25.7 Å². The smallest absolute Gasteiger partial charge is 0.407 e. The minimum Gasteiger partial charge on any atom is -0.493 e. The van der Waals surface area contributed by atoms with Gasteiger partial charge in [-0.15, -0.1) is 0 Å². The minimum atomic E-state index is -1.52. The molecule has 0 saturated carbocycles. The summed E-state index contributed by atoms with van der Waals surface area (Å²) in [6, 6.07) is 19.3. The monoisotopic (exact) mass is 505 g/mol. The molecule has 1 atom stereocenters. The second kappa shape index (κ2) is 11.5. The van der Waals surface area contributed by atoms with E-state index in [1.54, 1.807) is 18.2 Å². The molecule has 0 fully saturated rings. The van der Waals surface area contributed by atoms with Crippen molar-refractivity contribution in [3.63, 3.8) is 0 Å². The summed E-state index contributed by atoms with van der Waals surface area (Å²) < 4.78 is 21.1. The van der Waals surface area contributed by atoms with Crippen LogP contribution < -0.4 is 14.8 Å². The predicted molar refractivity (Wildman–Crippen MR) is 134 cm³/mol. The first kappa shape index (κ1) is 25.6. The topological polar surface area (TPSA) is 120 Å². The van der Waals surface area contributed by atoms with E-state index in [1.807, 2.05) is 48.5 Å². The molecule has 9 heteroatoms. The summed E-state index contributed by atoms with van der Waals surface area (Å²) in [6.45, 7) is -0.136. The summed E-state index contributed by atoms with van der Waals surface area (Å²) in [5.74, 6) is -1.49.